The summed E-state index contributed by atoms with van der Waals surface area (Å²) >= 11 is 6.34. The average Bonchev–Trinajstić information content (AvgIpc) is 3.57. The molecule has 5 rings (SSSR count). The molecule has 1 atom stereocenters. The molecular formula is C27H25ClFN3O3. The number of hydrogen-bond acceptors (Lipinski definition) is 4. The quantitative estimate of drug-likeness (QED) is 0.448. The van der Waals surface area contributed by atoms with Crippen molar-refractivity contribution in [3.05, 3.63) is 76.3 Å². The number of fused-ring (bicyclic) bond motifs is 1. The van der Waals surface area contributed by atoms with Gasteiger partial charge in [0.05, 0.1) is 16.2 Å². The van der Waals surface area contributed by atoms with E-state index >= 15 is 0 Å². The van der Waals surface area contributed by atoms with E-state index in [1.165, 1.54) is 18.2 Å². The van der Waals surface area contributed by atoms with Crippen molar-refractivity contribution in [2.75, 3.05) is 25.0 Å². The van der Waals surface area contributed by atoms with Crippen LogP contribution in [0.3, 0.4) is 0 Å². The van der Waals surface area contributed by atoms with Crippen LogP contribution in [0.5, 0.6) is 0 Å². The summed E-state index contributed by atoms with van der Waals surface area (Å²) in [6, 6.07) is 13.1. The van der Waals surface area contributed by atoms with Gasteiger partial charge < -0.3 is 15.1 Å². The molecule has 0 radical (unpaired) electrons. The molecule has 180 valence electrons. The second-order valence-electron chi connectivity index (χ2n) is 8.73. The summed E-state index contributed by atoms with van der Waals surface area (Å²) < 4.78 is 19.6. The third kappa shape index (κ3) is 4.74. The first-order chi connectivity index (χ1) is 16.9. The number of nitrogens with zero attached hydrogens (tertiary/aromatic N) is 1. The van der Waals surface area contributed by atoms with Crippen LogP contribution in [0.15, 0.2) is 52.9 Å². The molecule has 2 N–H and O–H groups in total. The molecule has 6 nitrogen and oxygen atoms in total. The van der Waals surface area contributed by atoms with Crippen molar-refractivity contribution < 1.29 is 18.4 Å². The number of furan rings is 1. The summed E-state index contributed by atoms with van der Waals surface area (Å²) in [5.74, 6) is -0.0149. The molecular weight excluding hydrogens is 469 g/mol. The van der Waals surface area contributed by atoms with Crippen molar-refractivity contribution in [2.45, 2.75) is 25.8 Å². The van der Waals surface area contributed by atoms with E-state index in [0.29, 0.717) is 57.1 Å². The lowest BCUT2D eigenvalue weighted by molar-refractivity contribution is -0.110. The molecule has 0 bridgehead atoms. The molecule has 1 fully saturated rings. The molecule has 35 heavy (non-hydrogen) atoms. The van der Waals surface area contributed by atoms with Gasteiger partial charge in [-0.1, -0.05) is 18.5 Å². The number of likely N-dealkylation sites (N-methyl/N-ethyl adjacent to an activating group) is 1. The Kier molecular flexibility index (Phi) is 6.45. The number of anilines is 1. The summed E-state index contributed by atoms with van der Waals surface area (Å²) in [7, 11) is 0. The summed E-state index contributed by atoms with van der Waals surface area (Å²) in [5, 5.41) is 6.10. The second-order valence-corrected chi connectivity index (χ2v) is 9.14. The van der Waals surface area contributed by atoms with Crippen molar-refractivity contribution in [3.8, 4) is 11.3 Å². The summed E-state index contributed by atoms with van der Waals surface area (Å²) in [5.41, 5.74) is 2.43. The van der Waals surface area contributed by atoms with Crippen LogP contribution >= 0.6 is 11.6 Å². The van der Waals surface area contributed by atoms with E-state index in [2.05, 4.69) is 22.5 Å². The highest BCUT2D eigenvalue weighted by Crippen LogP contribution is 2.35. The predicted molar refractivity (Wildman–Crippen MR) is 135 cm³/mol. The zero-order valence-electron chi connectivity index (χ0n) is 19.2. The van der Waals surface area contributed by atoms with Gasteiger partial charge in [0.2, 0.25) is 0 Å². The molecule has 3 aromatic rings. The lowest BCUT2D eigenvalue weighted by Gasteiger charge is -2.23. The van der Waals surface area contributed by atoms with Crippen molar-refractivity contribution in [2.24, 2.45) is 0 Å². The zero-order chi connectivity index (χ0) is 24.5. The van der Waals surface area contributed by atoms with Crippen LogP contribution in [0.1, 0.15) is 41.4 Å². The van der Waals surface area contributed by atoms with E-state index in [1.807, 2.05) is 0 Å². The highest BCUT2D eigenvalue weighted by Gasteiger charge is 2.26. The van der Waals surface area contributed by atoms with Gasteiger partial charge in [-0.05, 0) is 80.5 Å². The van der Waals surface area contributed by atoms with Gasteiger partial charge in [-0.15, -0.1) is 0 Å². The zero-order valence-corrected chi connectivity index (χ0v) is 20.0. The number of carbonyl (C=O) groups is 2. The molecule has 0 aliphatic carbocycles. The maximum Gasteiger partial charge on any atom is 0.256 e. The lowest BCUT2D eigenvalue weighted by Crippen LogP contribution is -2.40. The lowest BCUT2D eigenvalue weighted by atomic mass is 10.1. The number of likely N-dealkylation sites (tertiary alicyclic amines) is 1. The normalized spacial score (nSPS) is 18.7. The maximum atomic E-state index is 13.7. The van der Waals surface area contributed by atoms with Crippen LogP contribution in [0, 0.1) is 5.82 Å². The number of rotatable bonds is 6. The topological polar surface area (TPSA) is 74.6 Å². The van der Waals surface area contributed by atoms with E-state index in [-0.39, 0.29) is 11.8 Å². The van der Waals surface area contributed by atoms with Gasteiger partial charge in [-0.3, -0.25) is 14.5 Å². The predicted octanol–water partition coefficient (Wildman–Crippen LogP) is 5.45. The first-order valence-electron chi connectivity index (χ1n) is 11.7. The monoisotopic (exact) mass is 493 g/mol. The Hall–Kier alpha value is -3.42. The van der Waals surface area contributed by atoms with Crippen molar-refractivity contribution in [1.82, 2.24) is 10.2 Å². The molecule has 1 unspecified atom stereocenters. The molecule has 3 heterocycles. The molecule has 0 saturated carbocycles. The molecule has 2 aliphatic heterocycles. The average molecular weight is 494 g/mol. The highest BCUT2D eigenvalue weighted by molar-refractivity contribution is 6.35. The van der Waals surface area contributed by atoms with Crippen LogP contribution in [-0.2, 0) is 4.79 Å². The van der Waals surface area contributed by atoms with Gasteiger partial charge in [-0.25, -0.2) is 4.39 Å². The van der Waals surface area contributed by atoms with Crippen LogP contribution in [0.25, 0.3) is 23.0 Å². The van der Waals surface area contributed by atoms with Crippen LogP contribution in [-0.4, -0.2) is 42.4 Å². The number of benzene rings is 2. The first-order valence-corrected chi connectivity index (χ1v) is 12.1. The molecule has 1 saturated heterocycles. The number of amides is 2. The maximum absolute atomic E-state index is 13.7. The number of carbonyl (C=O) groups excluding carboxylic acids is 2. The van der Waals surface area contributed by atoms with E-state index < -0.39 is 5.82 Å². The van der Waals surface area contributed by atoms with E-state index in [4.69, 9.17) is 16.0 Å². The Morgan fingerprint density at radius 1 is 1.26 bits per heavy atom. The minimum atomic E-state index is -0.423. The van der Waals surface area contributed by atoms with Gasteiger partial charge in [0.1, 0.15) is 17.3 Å². The van der Waals surface area contributed by atoms with Gasteiger partial charge in [0.25, 0.3) is 11.8 Å². The van der Waals surface area contributed by atoms with Crippen molar-refractivity contribution >= 4 is 40.8 Å². The van der Waals surface area contributed by atoms with Gasteiger partial charge >= 0.3 is 0 Å². The molecule has 2 aromatic carbocycles. The van der Waals surface area contributed by atoms with Gasteiger partial charge in [-0.2, -0.15) is 0 Å². The number of hydrogen-bond donors (Lipinski definition) is 2. The Balaban J connectivity index is 1.35. The molecule has 8 heteroatoms. The Morgan fingerprint density at radius 2 is 2.11 bits per heavy atom. The number of nitrogens with one attached hydrogen (secondary N) is 2. The number of halogens is 2. The van der Waals surface area contributed by atoms with Gasteiger partial charge in [0, 0.05) is 29.4 Å². The summed E-state index contributed by atoms with van der Waals surface area (Å²) in [6.07, 6.45) is 3.79. The third-order valence-electron chi connectivity index (χ3n) is 6.58. The minimum Gasteiger partial charge on any atom is -0.457 e. The highest BCUT2D eigenvalue weighted by atomic mass is 35.5. The Morgan fingerprint density at radius 3 is 2.94 bits per heavy atom. The fourth-order valence-corrected chi connectivity index (χ4v) is 4.94. The van der Waals surface area contributed by atoms with Crippen molar-refractivity contribution in [3.63, 3.8) is 0 Å². The third-order valence-corrected chi connectivity index (χ3v) is 6.91. The second kappa shape index (κ2) is 9.68. The standard InChI is InChI=1S/C27H25ClFN3O3/c1-2-32-11-3-4-18(32)15-30-26(33)22-12-16(5-8-23(22)28)25-10-7-19(35-25)14-21-20-13-17(29)6-9-24(20)31-27(21)34/h5-10,12-14,18H,2-4,11,15H2,1H3,(H,30,33)(H,31,34)/b21-14+. The Bertz CT molecular complexity index is 1330. The van der Waals surface area contributed by atoms with Crippen molar-refractivity contribution in [1.29, 1.82) is 0 Å². The molecule has 2 aliphatic rings. The first kappa shape index (κ1) is 23.3. The largest absolute Gasteiger partial charge is 0.457 e. The molecule has 2 amide bonds. The Labute approximate surface area is 207 Å². The van der Waals surface area contributed by atoms with E-state index in [1.54, 1.807) is 36.4 Å². The minimum absolute atomic E-state index is 0.227. The van der Waals surface area contributed by atoms with E-state index in [0.717, 1.165) is 25.9 Å². The fraction of sp³-hybridized carbons (Fsp3) is 0.259. The fourth-order valence-electron chi connectivity index (χ4n) is 4.73. The molecule has 0 spiro atoms. The molecule has 1 aromatic heterocycles. The summed E-state index contributed by atoms with van der Waals surface area (Å²) in [4.78, 5) is 27.6. The summed E-state index contributed by atoms with van der Waals surface area (Å²) in [6.45, 7) is 4.74. The van der Waals surface area contributed by atoms with Crippen LogP contribution in [0.4, 0.5) is 10.1 Å². The SMILES string of the molecule is CCN1CCCC1CNC(=O)c1cc(-c2ccc(/C=C3/C(=O)Nc4ccc(F)cc43)o2)ccc1Cl. The van der Waals surface area contributed by atoms with Crippen LogP contribution < -0.4 is 10.6 Å². The van der Waals surface area contributed by atoms with Gasteiger partial charge in [0.15, 0.2) is 0 Å². The smallest absolute Gasteiger partial charge is 0.256 e. The van der Waals surface area contributed by atoms with Crippen LogP contribution in [0.2, 0.25) is 5.02 Å². The van der Waals surface area contributed by atoms with E-state index in [9.17, 15) is 14.0 Å².